The van der Waals surface area contributed by atoms with E-state index in [9.17, 15) is 4.79 Å². The van der Waals surface area contributed by atoms with E-state index in [1.807, 2.05) is 12.1 Å². The van der Waals surface area contributed by atoms with E-state index in [0.717, 1.165) is 38.5 Å². The van der Waals surface area contributed by atoms with Crippen LogP contribution >= 0.6 is 0 Å². The third kappa shape index (κ3) is 3.45. The summed E-state index contributed by atoms with van der Waals surface area (Å²) in [7, 11) is 1.39. The number of nitrogens with one attached hydrogen (secondary N) is 2. The number of carbonyl (C=O) groups excluding carboxylic acids is 1. The van der Waals surface area contributed by atoms with Crippen LogP contribution in [-0.4, -0.2) is 50.8 Å². The van der Waals surface area contributed by atoms with Gasteiger partial charge in [-0.1, -0.05) is 0 Å². The fourth-order valence-corrected chi connectivity index (χ4v) is 1.91. The average molecular weight is 249 g/mol. The maximum atomic E-state index is 11.3. The summed E-state index contributed by atoms with van der Waals surface area (Å²) in [5.41, 5.74) is 1.59. The molecule has 0 saturated carbocycles. The highest BCUT2D eigenvalue weighted by Gasteiger charge is 2.09. The maximum Gasteiger partial charge on any atom is 0.337 e. The van der Waals surface area contributed by atoms with Crippen molar-refractivity contribution in [3.8, 4) is 0 Å². The zero-order valence-electron chi connectivity index (χ0n) is 10.6. The molecule has 2 N–H and O–H groups in total. The fourth-order valence-electron chi connectivity index (χ4n) is 1.91. The highest BCUT2D eigenvalue weighted by molar-refractivity contribution is 5.89. The first-order valence-corrected chi connectivity index (χ1v) is 6.15. The lowest BCUT2D eigenvalue weighted by Crippen LogP contribution is -2.45. The van der Waals surface area contributed by atoms with Crippen LogP contribution in [0.4, 0.5) is 5.69 Å². The van der Waals surface area contributed by atoms with Gasteiger partial charge in [0.1, 0.15) is 0 Å². The summed E-state index contributed by atoms with van der Waals surface area (Å²) in [6.45, 7) is 5.05. The van der Waals surface area contributed by atoms with Crippen LogP contribution in [0.5, 0.6) is 0 Å². The average Bonchev–Trinajstić information content (AvgIpc) is 2.46. The monoisotopic (exact) mass is 249 g/mol. The molecule has 0 unspecified atom stereocenters. The molecule has 5 nitrogen and oxygen atoms in total. The number of nitrogens with zero attached hydrogens (tertiary/aromatic N) is 1. The first-order chi connectivity index (χ1) is 8.79. The van der Waals surface area contributed by atoms with Crippen molar-refractivity contribution in [3.05, 3.63) is 29.8 Å². The van der Waals surface area contributed by atoms with Crippen LogP contribution in [0.2, 0.25) is 0 Å². The molecule has 2 rings (SSSR count). The summed E-state index contributed by atoms with van der Waals surface area (Å²) < 4.78 is 4.66. The van der Waals surface area contributed by atoms with Gasteiger partial charge in [0.15, 0.2) is 0 Å². The third-order valence-electron chi connectivity index (χ3n) is 3.02. The smallest absolute Gasteiger partial charge is 0.337 e. The summed E-state index contributed by atoms with van der Waals surface area (Å²) in [4.78, 5) is 13.6. The van der Waals surface area contributed by atoms with E-state index in [0.29, 0.717) is 5.56 Å². The molecule has 1 heterocycles. The molecule has 1 aromatic rings. The molecule has 1 fully saturated rings. The zero-order valence-corrected chi connectivity index (χ0v) is 10.6. The predicted molar refractivity (Wildman–Crippen MR) is 70.7 cm³/mol. The van der Waals surface area contributed by atoms with Gasteiger partial charge in [-0.3, -0.25) is 4.90 Å². The molecular formula is C13H19N3O2. The van der Waals surface area contributed by atoms with Crippen molar-refractivity contribution >= 4 is 11.7 Å². The Hall–Kier alpha value is -1.59. The van der Waals surface area contributed by atoms with E-state index < -0.39 is 0 Å². The number of esters is 1. The lowest BCUT2D eigenvalue weighted by molar-refractivity contribution is 0.0601. The Kier molecular flexibility index (Phi) is 4.55. The summed E-state index contributed by atoms with van der Waals surface area (Å²) in [6.07, 6.45) is 0. The molecule has 0 radical (unpaired) electrons. The Morgan fingerprint density at radius 3 is 2.61 bits per heavy atom. The molecule has 0 amide bonds. The number of benzene rings is 1. The lowest BCUT2D eigenvalue weighted by Gasteiger charge is -2.27. The van der Waals surface area contributed by atoms with Crippen LogP contribution in [0, 0.1) is 0 Å². The molecule has 98 valence electrons. The molecule has 1 aliphatic rings. The van der Waals surface area contributed by atoms with E-state index in [1.165, 1.54) is 7.11 Å². The molecule has 0 aliphatic carbocycles. The number of methoxy groups -OCH3 is 1. The molecule has 1 aromatic carbocycles. The van der Waals surface area contributed by atoms with Gasteiger partial charge in [0.25, 0.3) is 0 Å². The second-order valence-corrected chi connectivity index (χ2v) is 4.27. The van der Waals surface area contributed by atoms with Gasteiger partial charge in [-0.2, -0.15) is 0 Å². The molecule has 0 atom stereocenters. The predicted octanol–water partition coefficient (Wildman–Crippen LogP) is 0.748. The van der Waals surface area contributed by atoms with Crippen molar-refractivity contribution in [1.82, 2.24) is 10.2 Å². The number of anilines is 1. The van der Waals surface area contributed by atoms with Gasteiger partial charge in [0.2, 0.25) is 0 Å². The molecule has 0 bridgehead atoms. The molecule has 18 heavy (non-hydrogen) atoms. The van der Waals surface area contributed by atoms with E-state index in [4.69, 9.17) is 0 Å². The van der Waals surface area contributed by atoms with Gasteiger partial charge >= 0.3 is 5.97 Å². The molecule has 1 aliphatic heterocycles. The van der Waals surface area contributed by atoms with E-state index >= 15 is 0 Å². The summed E-state index contributed by atoms with van der Waals surface area (Å²) in [5, 5.41) is 6.66. The van der Waals surface area contributed by atoms with E-state index in [2.05, 4.69) is 20.3 Å². The van der Waals surface area contributed by atoms with Crippen LogP contribution in [0.15, 0.2) is 24.3 Å². The van der Waals surface area contributed by atoms with Crippen LogP contribution in [0.25, 0.3) is 0 Å². The quantitative estimate of drug-likeness (QED) is 0.771. The number of ether oxygens (including phenoxy) is 1. The zero-order chi connectivity index (χ0) is 12.8. The van der Waals surface area contributed by atoms with Crippen molar-refractivity contribution in [2.24, 2.45) is 0 Å². The topological polar surface area (TPSA) is 53.6 Å². The number of hydrogen-bond acceptors (Lipinski definition) is 5. The lowest BCUT2D eigenvalue weighted by atomic mass is 10.2. The van der Waals surface area contributed by atoms with Crippen LogP contribution in [-0.2, 0) is 4.74 Å². The molecule has 0 spiro atoms. The number of rotatable bonds is 4. The largest absolute Gasteiger partial charge is 0.465 e. The van der Waals surface area contributed by atoms with Crippen molar-refractivity contribution in [2.75, 3.05) is 45.3 Å². The Balaban J connectivity index is 1.84. The normalized spacial score (nSPS) is 16.3. The van der Waals surface area contributed by atoms with Gasteiger partial charge in [0, 0.05) is 31.9 Å². The second-order valence-electron chi connectivity index (χ2n) is 4.27. The highest BCUT2D eigenvalue weighted by atomic mass is 16.5. The summed E-state index contributed by atoms with van der Waals surface area (Å²) in [6, 6.07) is 7.33. The van der Waals surface area contributed by atoms with Crippen molar-refractivity contribution < 1.29 is 9.53 Å². The Labute approximate surface area is 107 Å². The molecular weight excluding hydrogens is 230 g/mol. The second kappa shape index (κ2) is 6.37. The minimum Gasteiger partial charge on any atom is -0.465 e. The SMILES string of the molecule is COC(=O)c1ccc(NCN2CCNCC2)cc1. The third-order valence-corrected chi connectivity index (χ3v) is 3.02. The Bertz CT molecular complexity index is 386. The summed E-state index contributed by atoms with van der Waals surface area (Å²) in [5.74, 6) is -0.302. The first-order valence-electron chi connectivity index (χ1n) is 6.15. The van der Waals surface area contributed by atoms with Gasteiger partial charge in [-0.25, -0.2) is 4.79 Å². The molecule has 1 saturated heterocycles. The first kappa shape index (κ1) is 12.9. The number of hydrogen-bond donors (Lipinski definition) is 2. The fraction of sp³-hybridized carbons (Fsp3) is 0.462. The van der Waals surface area contributed by atoms with Gasteiger partial charge in [0.05, 0.1) is 19.3 Å². The molecule has 0 aromatic heterocycles. The number of piperazine rings is 1. The van der Waals surface area contributed by atoms with Gasteiger partial charge in [-0.15, -0.1) is 0 Å². The minimum atomic E-state index is -0.302. The van der Waals surface area contributed by atoms with Crippen molar-refractivity contribution in [1.29, 1.82) is 0 Å². The van der Waals surface area contributed by atoms with E-state index in [-0.39, 0.29) is 5.97 Å². The van der Waals surface area contributed by atoms with Crippen LogP contribution in [0.1, 0.15) is 10.4 Å². The van der Waals surface area contributed by atoms with Crippen LogP contribution in [0.3, 0.4) is 0 Å². The van der Waals surface area contributed by atoms with Crippen LogP contribution < -0.4 is 10.6 Å². The summed E-state index contributed by atoms with van der Waals surface area (Å²) >= 11 is 0. The van der Waals surface area contributed by atoms with Crippen molar-refractivity contribution in [2.45, 2.75) is 0 Å². The standard InChI is InChI=1S/C13H19N3O2/c1-18-13(17)11-2-4-12(5-3-11)15-10-16-8-6-14-7-9-16/h2-5,14-15H,6-10H2,1H3. The molecule has 5 heteroatoms. The van der Waals surface area contributed by atoms with Gasteiger partial charge in [-0.05, 0) is 24.3 Å². The van der Waals surface area contributed by atoms with E-state index in [1.54, 1.807) is 12.1 Å². The van der Waals surface area contributed by atoms with Crippen molar-refractivity contribution in [3.63, 3.8) is 0 Å². The maximum absolute atomic E-state index is 11.3. The Morgan fingerprint density at radius 1 is 1.33 bits per heavy atom. The minimum absolute atomic E-state index is 0.302. The number of carbonyl (C=O) groups is 1. The Morgan fingerprint density at radius 2 is 2.00 bits per heavy atom. The highest BCUT2D eigenvalue weighted by Crippen LogP contribution is 2.10. The van der Waals surface area contributed by atoms with Gasteiger partial charge < -0.3 is 15.4 Å².